The van der Waals surface area contributed by atoms with Crippen LogP contribution in [-0.4, -0.2) is 37.0 Å². The van der Waals surface area contributed by atoms with Gasteiger partial charge < -0.3 is 11.1 Å². The molecule has 1 fully saturated rings. The van der Waals surface area contributed by atoms with Gasteiger partial charge in [0.25, 0.3) is 0 Å². The van der Waals surface area contributed by atoms with Gasteiger partial charge >= 0.3 is 0 Å². The van der Waals surface area contributed by atoms with Crippen LogP contribution in [0.15, 0.2) is 24.3 Å². The lowest BCUT2D eigenvalue weighted by atomic mass is 9.97. The smallest absolute Gasteiger partial charge is 0.234 e. The summed E-state index contributed by atoms with van der Waals surface area (Å²) < 4.78 is 13.4. The lowest BCUT2D eigenvalue weighted by molar-refractivity contribution is -0.122. The average molecular weight is 279 g/mol. The highest BCUT2D eigenvalue weighted by molar-refractivity contribution is 5.78. The molecule has 20 heavy (non-hydrogen) atoms. The number of carbonyl (C=O) groups excluding carboxylic acids is 1. The Balaban J connectivity index is 1.72. The molecule has 0 aromatic heterocycles. The van der Waals surface area contributed by atoms with Crippen molar-refractivity contribution in [2.45, 2.75) is 19.4 Å². The van der Waals surface area contributed by atoms with Crippen molar-refractivity contribution < 1.29 is 9.18 Å². The molecule has 4 nitrogen and oxygen atoms in total. The van der Waals surface area contributed by atoms with E-state index < -0.39 is 0 Å². The van der Waals surface area contributed by atoms with Crippen LogP contribution in [-0.2, 0) is 11.3 Å². The molecule has 3 N–H and O–H groups in total. The first-order valence-electron chi connectivity index (χ1n) is 7.11. The van der Waals surface area contributed by atoms with Crippen LogP contribution < -0.4 is 11.1 Å². The monoisotopic (exact) mass is 279 g/mol. The van der Waals surface area contributed by atoms with Crippen LogP contribution >= 0.6 is 0 Å². The van der Waals surface area contributed by atoms with Crippen molar-refractivity contribution in [3.8, 4) is 0 Å². The molecule has 1 aliphatic heterocycles. The number of nitrogens with one attached hydrogen (secondary N) is 1. The number of benzene rings is 1. The van der Waals surface area contributed by atoms with Crippen LogP contribution in [0, 0.1) is 11.7 Å². The fourth-order valence-corrected chi connectivity index (χ4v) is 2.47. The molecule has 2 rings (SSSR count). The van der Waals surface area contributed by atoms with Crippen molar-refractivity contribution in [2.75, 3.05) is 26.2 Å². The van der Waals surface area contributed by atoms with Crippen LogP contribution in [0.25, 0.3) is 0 Å². The number of likely N-dealkylation sites (tertiary alicyclic amines) is 1. The molecule has 5 heteroatoms. The minimum Gasteiger partial charge on any atom is -0.351 e. The molecule has 1 aromatic carbocycles. The molecule has 0 atom stereocenters. The average Bonchev–Trinajstić information content (AvgIpc) is 2.47. The molecular formula is C15H22FN3O. The second kappa shape index (κ2) is 7.36. The predicted octanol–water partition coefficient (Wildman–Crippen LogP) is 1.11. The molecule has 0 bridgehead atoms. The molecule has 1 saturated heterocycles. The summed E-state index contributed by atoms with van der Waals surface area (Å²) in [5.74, 6) is 0.253. The Kier molecular flexibility index (Phi) is 5.49. The maximum Gasteiger partial charge on any atom is 0.234 e. The molecule has 1 aliphatic rings. The number of nitrogens with two attached hydrogens (primary N) is 1. The summed E-state index contributed by atoms with van der Waals surface area (Å²) in [7, 11) is 0. The van der Waals surface area contributed by atoms with E-state index in [1.165, 1.54) is 6.07 Å². The lowest BCUT2D eigenvalue weighted by Gasteiger charge is -2.30. The fraction of sp³-hybridized carbons (Fsp3) is 0.533. The van der Waals surface area contributed by atoms with Crippen LogP contribution in [0.2, 0.25) is 0 Å². The van der Waals surface area contributed by atoms with E-state index in [9.17, 15) is 9.18 Å². The summed E-state index contributed by atoms with van der Waals surface area (Å²) in [6.07, 6.45) is 2.11. The zero-order valence-electron chi connectivity index (χ0n) is 11.6. The third kappa shape index (κ3) is 4.28. The summed E-state index contributed by atoms with van der Waals surface area (Å²) in [5.41, 5.74) is 6.16. The zero-order valence-corrected chi connectivity index (χ0v) is 11.6. The van der Waals surface area contributed by atoms with E-state index >= 15 is 0 Å². The summed E-state index contributed by atoms with van der Waals surface area (Å²) in [5, 5.41) is 2.77. The molecule has 0 spiro atoms. The van der Waals surface area contributed by atoms with Gasteiger partial charge in [-0.05, 0) is 44.5 Å². The van der Waals surface area contributed by atoms with Crippen LogP contribution in [0.5, 0.6) is 0 Å². The van der Waals surface area contributed by atoms with Crippen molar-refractivity contribution in [1.29, 1.82) is 0 Å². The molecule has 0 aliphatic carbocycles. The molecule has 0 saturated carbocycles. The molecule has 0 radical (unpaired) electrons. The summed E-state index contributed by atoms with van der Waals surface area (Å²) in [6, 6.07) is 6.49. The van der Waals surface area contributed by atoms with Gasteiger partial charge in [-0.3, -0.25) is 9.69 Å². The highest BCUT2D eigenvalue weighted by Gasteiger charge is 2.19. The van der Waals surface area contributed by atoms with Gasteiger partial charge in [-0.2, -0.15) is 0 Å². The van der Waals surface area contributed by atoms with Gasteiger partial charge in [0.1, 0.15) is 5.82 Å². The number of halogens is 1. The Bertz CT molecular complexity index is 444. The fourth-order valence-electron chi connectivity index (χ4n) is 2.47. The minimum absolute atomic E-state index is 0.0561. The van der Waals surface area contributed by atoms with E-state index in [4.69, 9.17) is 5.73 Å². The molecule has 1 heterocycles. The SMILES string of the molecule is NCC1CCN(CC(=O)NCc2ccccc2F)CC1. The number of carbonyl (C=O) groups is 1. The van der Waals surface area contributed by atoms with E-state index in [0.29, 0.717) is 18.0 Å². The Morgan fingerprint density at radius 3 is 2.70 bits per heavy atom. The number of piperidine rings is 1. The van der Waals surface area contributed by atoms with Gasteiger partial charge in [0.2, 0.25) is 5.91 Å². The van der Waals surface area contributed by atoms with E-state index in [2.05, 4.69) is 10.2 Å². The molecule has 1 amide bonds. The first kappa shape index (κ1) is 14.9. The minimum atomic E-state index is -0.281. The van der Waals surface area contributed by atoms with Crippen molar-refractivity contribution in [2.24, 2.45) is 11.7 Å². The summed E-state index contributed by atoms with van der Waals surface area (Å²) in [4.78, 5) is 14.0. The van der Waals surface area contributed by atoms with Gasteiger partial charge in [0.05, 0.1) is 6.54 Å². The predicted molar refractivity (Wildman–Crippen MR) is 76.5 cm³/mol. The first-order valence-corrected chi connectivity index (χ1v) is 7.11. The van der Waals surface area contributed by atoms with Crippen LogP contribution in [0.3, 0.4) is 0 Å². The van der Waals surface area contributed by atoms with Gasteiger partial charge in [-0.25, -0.2) is 4.39 Å². The second-order valence-electron chi connectivity index (χ2n) is 5.32. The topological polar surface area (TPSA) is 58.4 Å². The van der Waals surface area contributed by atoms with Crippen LogP contribution in [0.1, 0.15) is 18.4 Å². The molecule has 0 unspecified atom stereocenters. The Morgan fingerprint density at radius 2 is 2.05 bits per heavy atom. The Hall–Kier alpha value is -1.46. The van der Waals surface area contributed by atoms with Gasteiger partial charge in [0.15, 0.2) is 0 Å². The maximum absolute atomic E-state index is 13.4. The van der Waals surface area contributed by atoms with Gasteiger partial charge in [-0.1, -0.05) is 18.2 Å². The number of rotatable bonds is 5. The zero-order chi connectivity index (χ0) is 14.4. The van der Waals surface area contributed by atoms with Crippen molar-refractivity contribution in [1.82, 2.24) is 10.2 Å². The van der Waals surface area contributed by atoms with Gasteiger partial charge in [-0.15, -0.1) is 0 Å². The molecular weight excluding hydrogens is 257 g/mol. The number of amides is 1. The van der Waals surface area contributed by atoms with Crippen molar-refractivity contribution >= 4 is 5.91 Å². The first-order chi connectivity index (χ1) is 9.69. The molecule has 1 aromatic rings. The van der Waals surface area contributed by atoms with Gasteiger partial charge in [0, 0.05) is 12.1 Å². The number of hydrogen-bond acceptors (Lipinski definition) is 3. The van der Waals surface area contributed by atoms with E-state index in [1.807, 2.05) is 0 Å². The third-order valence-corrected chi connectivity index (χ3v) is 3.84. The van der Waals surface area contributed by atoms with E-state index in [-0.39, 0.29) is 18.3 Å². The Morgan fingerprint density at radius 1 is 1.35 bits per heavy atom. The largest absolute Gasteiger partial charge is 0.351 e. The quantitative estimate of drug-likeness (QED) is 0.849. The lowest BCUT2D eigenvalue weighted by Crippen LogP contribution is -2.42. The third-order valence-electron chi connectivity index (χ3n) is 3.84. The normalized spacial score (nSPS) is 17.1. The van der Waals surface area contributed by atoms with E-state index in [1.54, 1.807) is 18.2 Å². The number of hydrogen-bond donors (Lipinski definition) is 2. The highest BCUT2D eigenvalue weighted by Crippen LogP contribution is 2.15. The maximum atomic E-state index is 13.4. The highest BCUT2D eigenvalue weighted by atomic mass is 19.1. The van der Waals surface area contributed by atoms with Crippen molar-refractivity contribution in [3.63, 3.8) is 0 Å². The molecule has 110 valence electrons. The standard InChI is InChI=1S/C15H22FN3O/c16-14-4-2-1-3-13(14)10-18-15(20)11-19-7-5-12(9-17)6-8-19/h1-4,12H,5-11,17H2,(H,18,20). The van der Waals surface area contributed by atoms with E-state index in [0.717, 1.165) is 32.5 Å². The Labute approximate surface area is 119 Å². The summed E-state index contributed by atoms with van der Waals surface area (Å²) >= 11 is 0. The number of nitrogens with zero attached hydrogens (tertiary/aromatic N) is 1. The van der Waals surface area contributed by atoms with Crippen LogP contribution in [0.4, 0.5) is 4.39 Å². The van der Waals surface area contributed by atoms with Crippen molar-refractivity contribution in [3.05, 3.63) is 35.6 Å². The summed E-state index contributed by atoms with van der Waals surface area (Å²) in [6.45, 7) is 3.17. The second-order valence-corrected chi connectivity index (χ2v) is 5.32.